The number of ether oxygens (including phenoxy) is 3. The number of imidazole rings is 1. The molecule has 0 bridgehead atoms. The van der Waals surface area contributed by atoms with Crippen LogP contribution in [0.25, 0.3) is 11.2 Å². The molecule has 0 aromatic carbocycles. The van der Waals surface area contributed by atoms with Crippen LogP contribution in [-0.4, -0.2) is 46.3 Å². The molecule has 2 heterocycles. The van der Waals surface area contributed by atoms with Gasteiger partial charge < -0.3 is 14.2 Å². The average Bonchev–Trinajstić information content (AvgIpc) is 2.77. The van der Waals surface area contributed by atoms with Crippen LogP contribution in [-0.2, 0) is 16.1 Å². The summed E-state index contributed by atoms with van der Waals surface area (Å²) < 4.78 is 16.6. The van der Waals surface area contributed by atoms with Crippen molar-refractivity contribution in [2.75, 3.05) is 20.8 Å². The van der Waals surface area contributed by atoms with E-state index in [-0.39, 0.29) is 12.6 Å². The number of carbonyl (C=O) groups is 1. The van der Waals surface area contributed by atoms with Crippen molar-refractivity contribution in [3.63, 3.8) is 0 Å². The van der Waals surface area contributed by atoms with Crippen LogP contribution in [0.2, 0.25) is 0 Å². The summed E-state index contributed by atoms with van der Waals surface area (Å²) in [7, 11) is 2.95. The van der Waals surface area contributed by atoms with Gasteiger partial charge in [-0.2, -0.15) is 9.97 Å². The molecule has 0 fully saturated rings. The van der Waals surface area contributed by atoms with Gasteiger partial charge in [0, 0.05) is 0 Å². The lowest BCUT2D eigenvalue weighted by Crippen LogP contribution is -2.14. The highest BCUT2D eigenvalue weighted by molar-refractivity contribution is 5.80. The average molecular weight is 266 g/mol. The van der Waals surface area contributed by atoms with E-state index in [4.69, 9.17) is 14.2 Å². The molecule has 8 heteroatoms. The van der Waals surface area contributed by atoms with E-state index in [2.05, 4.69) is 15.0 Å². The van der Waals surface area contributed by atoms with Crippen molar-refractivity contribution < 1.29 is 19.0 Å². The topological polar surface area (TPSA) is 88.4 Å². The highest BCUT2D eigenvalue weighted by Gasteiger charge is 2.19. The molecule has 2 aromatic rings. The number of hydrogen-bond donors (Lipinski definition) is 0. The standard InChI is InChI=1S/C11H14N4O4/c1-4-19-7(16)5-15-9-8(14-11(15)18-3)10(17-2)13-6-12-9/h6H,4-5H2,1-3H3. The Morgan fingerprint density at radius 3 is 2.74 bits per heavy atom. The fourth-order valence-electron chi connectivity index (χ4n) is 1.68. The minimum atomic E-state index is -0.391. The van der Waals surface area contributed by atoms with E-state index in [0.717, 1.165) is 0 Å². The zero-order chi connectivity index (χ0) is 13.8. The summed E-state index contributed by atoms with van der Waals surface area (Å²) in [5.74, 6) is -0.0661. The molecular formula is C11H14N4O4. The molecule has 0 amide bonds. The highest BCUT2D eigenvalue weighted by atomic mass is 16.5. The van der Waals surface area contributed by atoms with E-state index >= 15 is 0 Å². The Bertz CT molecular complexity index is 596. The number of aromatic nitrogens is 4. The van der Waals surface area contributed by atoms with Gasteiger partial charge in [0.15, 0.2) is 11.2 Å². The first kappa shape index (κ1) is 13.1. The van der Waals surface area contributed by atoms with E-state index in [1.54, 1.807) is 6.92 Å². The summed E-state index contributed by atoms with van der Waals surface area (Å²) >= 11 is 0. The summed E-state index contributed by atoms with van der Waals surface area (Å²) in [5.41, 5.74) is 0.892. The Kier molecular flexibility index (Phi) is 3.79. The molecule has 0 atom stereocenters. The normalized spacial score (nSPS) is 10.5. The Morgan fingerprint density at radius 1 is 1.32 bits per heavy atom. The molecule has 2 aromatic heterocycles. The molecule has 0 spiro atoms. The van der Waals surface area contributed by atoms with Gasteiger partial charge in [-0.1, -0.05) is 0 Å². The summed E-state index contributed by atoms with van der Waals surface area (Å²) in [6, 6.07) is 0.252. The van der Waals surface area contributed by atoms with Gasteiger partial charge in [0.25, 0.3) is 6.01 Å². The second-order valence-corrected chi connectivity index (χ2v) is 3.54. The summed E-state index contributed by atoms with van der Waals surface area (Å²) in [6.45, 7) is 2.02. The van der Waals surface area contributed by atoms with Gasteiger partial charge in [-0.3, -0.25) is 9.36 Å². The Labute approximate surface area is 109 Å². The SMILES string of the molecule is CCOC(=O)Cn1c(OC)nc2c(OC)ncnc21. The van der Waals surface area contributed by atoms with Crippen molar-refractivity contribution in [2.45, 2.75) is 13.5 Å². The van der Waals surface area contributed by atoms with Gasteiger partial charge in [-0.15, -0.1) is 0 Å². The molecule has 8 nitrogen and oxygen atoms in total. The zero-order valence-corrected chi connectivity index (χ0v) is 10.9. The molecule has 19 heavy (non-hydrogen) atoms. The number of rotatable bonds is 5. The van der Waals surface area contributed by atoms with Gasteiger partial charge in [-0.05, 0) is 6.92 Å². The molecule has 0 aliphatic heterocycles. The van der Waals surface area contributed by atoms with Crippen LogP contribution in [0.5, 0.6) is 11.9 Å². The molecule has 0 aliphatic carbocycles. The van der Waals surface area contributed by atoms with Gasteiger partial charge in [-0.25, -0.2) is 4.98 Å². The molecule has 0 saturated heterocycles. The number of methoxy groups -OCH3 is 2. The fraction of sp³-hybridized carbons (Fsp3) is 0.455. The first-order chi connectivity index (χ1) is 9.21. The van der Waals surface area contributed by atoms with Crippen molar-refractivity contribution in [2.24, 2.45) is 0 Å². The van der Waals surface area contributed by atoms with Crippen LogP contribution in [0, 0.1) is 0 Å². The molecule has 0 radical (unpaired) electrons. The zero-order valence-electron chi connectivity index (χ0n) is 10.9. The van der Waals surface area contributed by atoms with Crippen molar-refractivity contribution >= 4 is 17.1 Å². The predicted octanol–water partition coefficient (Wildman–Crippen LogP) is 0.407. The number of esters is 1. The van der Waals surface area contributed by atoms with E-state index < -0.39 is 5.97 Å². The number of carbonyl (C=O) groups excluding carboxylic acids is 1. The Balaban J connectivity index is 2.49. The van der Waals surface area contributed by atoms with Crippen LogP contribution in [0.15, 0.2) is 6.33 Å². The van der Waals surface area contributed by atoms with Crippen LogP contribution >= 0.6 is 0 Å². The van der Waals surface area contributed by atoms with Gasteiger partial charge in [0.05, 0.1) is 20.8 Å². The summed E-state index contributed by atoms with van der Waals surface area (Å²) in [6.07, 6.45) is 1.34. The van der Waals surface area contributed by atoms with Crippen LogP contribution < -0.4 is 9.47 Å². The smallest absolute Gasteiger partial charge is 0.326 e. The summed E-state index contributed by atoms with van der Waals surface area (Å²) in [4.78, 5) is 23.8. The minimum absolute atomic E-state index is 0.0340. The van der Waals surface area contributed by atoms with E-state index in [1.807, 2.05) is 0 Å². The van der Waals surface area contributed by atoms with Gasteiger partial charge in [0.2, 0.25) is 5.88 Å². The van der Waals surface area contributed by atoms with Crippen molar-refractivity contribution in [3.8, 4) is 11.9 Å². The number of fused-ring (bicyclic) bond motifs is 1. The predicted molar refractivity (Wildman–Crippen MR) is 65.1 cm³/mol. The van der Waals surface area contributed by atoms with Crippen molar-refractivity contribution in [1.82, 2.24) is 19.5 Å². The van der Waals surface area contributed by atoms with Crippen LogP contribution in [0.3, 0.4) is 0 Å². The van der Waals surface area contributed by atoms with E-state index in [0.29, 0.717) is 23.7 Å². The van der Waals surface area contributed by atoms with Crippen molar-refractivity contribution in [3.05, 3.63) is 6.33 Å². The van der Waals surface area contributed by atoms with Crippen LogP contribution in [0.4, 0.5) is 0 Å². The number of hydrogen-bond acceptors (Lipinski definition) is 7. The summed E-state index contributed by atoms with van der Waals surface area (Å²) in [5, 5.41) is 0. The Morgan fingerprint density at radius 2 is 2.11 bits per heavy atom. The molecule has 0 unspecified atom stereocenters. The largest absolute Gasteiger partial charge is 0.479 e. The lowest BCUT2D eigenvalue weighted by molar-refractivity contribution is -0.143. The monoisotopic (exact) mass is 266 g/mol. The minimum Gasteiger partial charge on any atom is -0.479 e. The molecule has 0 N–H and O–H groups in total. The first-order valence-corrected chi connectivity index (χ1v) is 5.66. The third-order valence-electron chi connectivity index (χ3n) is 2.43. The second-order valence-electron chi connectivity index (χ2n) is 3.54. The molecule has 0 aliphatic rings. The second kappa shape index (κ2) is 5.51. The maximum Gasteiger partial charge on any atom is 0.326 e. The molecule has 0 saturated carbocycles. The molecule has 2 rings (SSSR count). The third-order valence-corrected chi connectivity index (χ3v) is 2.43. The maximum absolute atomic E-state index is 11.6. The van der Waals surface area contributed by atoms with Gasteiger partial charge >= 0.3 is 5.97 Å². The lowest BCUT2D eigenvalue weighted by atomic mass is 10.5. The maximum atomic E-state index is 11.6. The Hall–Kier alpha value is -2.38. The quantitative estimate of drug-likeness (QED) is 0.724. The van der Waals surface area contributed by atoms with E-state index in [1.165, 1.54) is 25.1 Å². The molecule has 102 valence electrons. The first-order valence-electron chi connectivity index (χ1n) is 5.66. The van der Waals surface area contributed by atoms with E-state index in [9.17, 15) is 4.79 Å². The van der Waals surface area contributed by atoms with Crippen molar-refractivity contribution in [1.29, 1.82) is 0 Å². The third kappa shape index (κ3) is 2.42. The lowest BCUT2D eigenvalue weighted by Gasteiger charge is -2.06. The highest BCUT2D eigenvalue weighted by Crippen LogP contribution is 2.25. The fourth-order valence-corrected chi connectivity index (χ4v) is 1.68. The molecular weight excluding hydrogens is 252 g/mol. The van der Waals surface area contributed by atoms with Gasteiger partial charge in [0.1, 0.15) is 12.9 Å². The number of nitrogens with zero attached hydrogens (tertiary/aromatic N) is 4. The van der Waals surface area contributed by atoms with Crippen LogP contribution in [0.1, 0.15) is 6.92 Å².